The zero-order valence-corrected chi connectivity index (χ0v) is 12.1. The van der Waals surface area contributed by atoms with Gasteiger partial charge in [-0.2, -0.15) is 0 Å². The van der Waals surface area contributed by atoms with Crippen molar-refractivity contribution in [2.75, 3.05) is 26.8 Å². The third-order valence-corrected chi connectivity index (χ3v) is 3.39. The zero-order valence-electron chi connectivity index (χ0n) is 12.1. The molecule has 2 rings (SSSR count). The predicted octanol–water partition coefficient (Wildman–Crippen LogP) is 1.60. The number of nitro benzene ring substituents is 1. The summed E-state index contributed by atoms with van der Waals surface area (Å²) in [5.41, 5.74) is 0.595. The standard InChI is InChI=1S/C14H18N2O5/c1-10-8-15(5-6-21-10)9-11-3-4-13(16(18)19)12(7-11)14(17)20-2/h3-4,7,10H,5-6,8-9H2,1-2H3/t10-/m0/s1. The number of ether oxygens (including phenoxy) is 2. The van der Waals surface area contributed by atoms with Gasteiger partial charge in [-0.1, -0.05) is 6.07 Å². The molecule has 1 aromatic carbocycles. The van der Waals surface area contributed by atoms with Crippen molar-refractivity contribution in [3.8, 4) is 0 Å². The van der Waals surface area contributed by atoms with Crippen LogP contribution in [0.1, 0.15) is 22.8 Å². The number of morpholine rings is 1. The number of carbonyl (C=O) groups excluding carboxylic acids is 1. The van der Waals surface area contributed by atoms with Crippen molar-refractivity contribution in [2.45, 2.75) is 19.6 Å². The molecule has 114 valence electrons. The van der Waals surface area contributed by atoms with E-state index in [4.69, 9.17) is 4.74 Å². The van der Waals surface area contributed by atoms with Crippen molar-refractivity contribution in [3.63, 3.8) is 0 Å². The van der Waals surface area contributed by atoms with Gasteiger partial charge in [-0.25, -0.2) is 4.79 Å². The Balaban J connectivity index is 2.21. The summed E-state index contributed by atoms with van der Waals surface area (Å²) in [4.78, 5) is 24.2. The number of nitro groups is 1. The minimum Gasteiger partial charge on any atom is -0.465 e. The molecule has 1 heterocycles. The molecule has 1 aliphatic heterocycles. The molecule has 0 aliphatic carbocycles. The van der Waals surface area contributed by atoms with Crippen molar-refractivity contribution in [1.82, 2.24) is 4.90 Å². The number of esters is 1. The molecule has 7 heteroatoms. The summed E-state index contributed by atoms with van der Waals surface area (Å²) in [5.74, 6) is -0.695. The SMILES string of the molecule is COC(=O)c1cc(CN2CCO[C@@H](C)C2)ccc1[N+](=O)[O-]. The Labute approximate surface area is 122 Å². The van der Waals surface area contributed by atoms with E-state index in [0.717, 1.165) is 18.7 Å². The molecule has 7 nitrogen and oxygen atoms in total. The summed E-state index contributed by atoms with van der Waals surface area (Å²) in [5, 5.41) is 11.0. The van der Waals surface area contributed by atoms with Gasteiger partial charge in [0.05, 0.1) is 24.7 Å². The van der Waals surface area contributed by atoms with Crippen molar-refractivity contribution < 1.29 is 19.2 Å². The van der Waals surface area contributed by atoms with Gasteiger partial charge in [0.1, 0.15) is 5.56 Å². The topological polar surface area (TPSA) is 81.9 Å². The van der Waals surface area contributed by atoms with E-state index in [1.165, 1.54) is 19.2 Å². The van der Waals surface area contributed by atoms with Gasteiger partial charge in [-0.15, -0.1) is 0 Å². The smallest absolute Gasteiger partial charge is 0.344 e. The van der Waals surface area contributed by atoms with Gasteiger partial charge in [-0.05, 0) is 18.6 Å². The van der Waals surface area contributed by atoms with Crippen molar-refractivity contribution in [3.05, 3.63) is 39.4 Å². The minimum absolute atomic E-state index is 0.0127. The van der Waals surface area contributed by atoms with Gasteiger partial charge < -0.3 is 9.47 Å². The first kappa shape index (κ1) is 15.4. The Morgan fingerprint density at radius 1 is 1.57 bits per heavy atom. The van der Waals surface area contributed by atoms with Crippen LogP contribution in [0, 0.1) is 10.1 Å². The van der Waals surface area contributed by atoms with Gasteiger partial charge in [-0.3, -0.25) is 15.0 Å². The molecular formula is C14H18N2O5. The van der Waals surface area contributed by atoms with Crippen LogP contribution in [0.25, 0.3) is 0 Å². The molecule has 0 aromatic heterocycles. The van der Waals surface area contributed by atoms with Crippen molar-refractivity contribution >= 4 is 11.7 Å². The molecular weight excluding hydrogens is 276 g/mol. The molecule has 0 saturated carbocycles. The number of carbonyl (C=O) groups is 1. The fraction of sp³-hybridized carbons (Fsp3) is 0.500. The van der Waals surface area contributed by atoms with E-state index in [9.17, 15) is 14.9 Å². The Kier molecular flexibility index (Phi) is 4.87. The molecule has 1 atom stereocenters. The molecule has 0 radical (unpaired) electrons. The second-order valence-electron chi connectivity index (χ2n) is 5.02. The van der Waals surface area contributed by atoms with E-state index in [0.29, 0.717) is 13.2 Å². The molecule has 21 heavy (non-hydrogen) atoms. The summed E-state index contributed by atoms with van der Waals surface area (Å²) in [7, 11) is 1.21. The Morgan fingerprint density at radius 3 is 2.95 bits per heavy atom. The molecule has 0 unspecified atom stereocenters. The van der Waals surface area contributed by atoms with Crippen LogP contribution in [0.4, 0.5) is 5.69 Å². The van der Waals surface area contributed by atoms with Gasteiger partial charge >= 0.3 is 5.97 Å². The summed E-state index contributed by atoms with van der Waals surface area (Å²) in [6, 6.07) is 4.56. The minimum atomic E-state index is -0.695. The lowest BCUT2D eigenvalue weighted by atomic mass is 10.1. The summed E-state index contributed by atoms with van der Waals surface area (Å²) >= 11 is 0. The van der Waals surface area contributed by atoms with E-state index < -0.39 is 10.9 Å². The highest BCUT2D eigenvalue weighted by Gasteiger charge is 2.22. The number of benzene rings is 1. The first-order valence-electron chi connectivity index (χ1n) is 6.71. The first-order chi connectivity index (χ1) is 10.0. The number of hydrogen-bond donors (Lipinski definition) is 0. The molecule has 1 aliphatic rings. The molecule has 1 fully saturated rings. The molecule has 0 spiro atoms. The third kappa shape index (κ3) is 3.77. The third-order valence-electron chi connectivity index (χ3n) is 3.39. The normalized spacial score (nSPS) is 19.2. The Morgan fingerprint density at radius 2 is 2.33 bits per heavy atom. The monoisotopic (exact) mass is 294 g/mol. The zero-order chi connectivity index (χ0) is 15.4. The van der Waals surface area contributed by atoms with Gasteiger partial charge in [0, 0.05) is 25.7 Å². The van der Waals surface area contributed by atoms with Crippen LogP contribution in [0.2, 0.25) is 0 Å². The fourth-order valence-electron chi connectivity index (χ4n) is 2.41. The maximum Gasteiger partial charge on any atom is 0.344 e. The summed E-state index contributed by atoms with van der Waals surface area (Å²) < 4.78 is 10.1. The highest BCUT2D eigenvalue weighted by atomic mass is 16.6. The Bertz CT molecular complexity index is 546. The van der Waals surface area contributed by atoms with E-state index in [1.807, 2.05) is 6.92 Å². The van der Waals surface area contributed by atoms with Crippen LogP contribution in [0.15, 0.2) is 18.2 Å². The van der Waals surface area contributed by atoms with E-state index in [-0.39, 0.29) is 17.4 Å². The second kappa shape index (κ2) is 6.64. The van der Waals surface area contributed by atoms with Crippen LogP contribution in [-0.2, 0) is 16.0 Å². The molecule has 1 aromatic rings. The highest BCUT2D eigenvalue weighted by Crippen LogP contribution is 2.22. The number of nitrogens with zero attached hydrogens (tertiary/aromatic N) is 2. The maximum absolute atomic E-state index is 11.7. The van der Waals surface area contributed by atoms with Crippen LogP contribution in [0.5, 0.6) is 0 Å². The van der Waals surface area contributed by atoms with Crippen LogP contribution in [0.3, 0.4) is 0 Å². The van der Waals surface area contributed by atoms with Gasteiger partial charge in [0.25, 0.3) is 5.69 Å². The Hall–Kier alpha value is -1.99. The van der Waals surface area contributed by atoms with E-state index in [2.05, 4.69) is 9.64 Å². The number of hydrogen-bond acceptors (Lipinski definition) is 6. The average Bonchev–Trinajstić information content (AvgIpc) is 2.46. The average molecular weight is 294 g/mol. The molecule has 0 N–H and O–H groups in total. The largest absolute Gasteiger partial charge is 0.465 e. The number of methoxy groups -OCH3 is 1. The maximum atomic E-state index is 11.7. The van der Waals surface area contributed by atoms with Crippen LogP contribution >= 0.6 is 0 Å². The van der Waals surface area contributed by atoms with E-state index >= 15 is 0 Å². The second-order valence-corrected chi connectivity index (χ2v) is 5.02. The summed E-state index contributed by atoms with van der Waals surface area (Å²) in [6.07, 6.45) is 0.164. The lowest BCUT2D eigenvalue weighted by Crippen LogP contribution is -2.40. The lowest BCUT2D eigenvalue weighted by molar-refractivity contribution is -0.385. The first-order valence-corrected chi connectivity index (χ1v) is 6.71. The van der Waals surface area contributed by atoms with Crippen molar-refractivity contribution in [2.24, 2.45) is 0 Å². The van der Waals surface area contributed by atoms with Gasteiger partial charge in [0.2, 0.25) is 0 Å². The number of rotatable bonds is 4. The van der Waals surface area contributed by atoms with Gasteiger partial charge in [0.15, 0.2) is 0 Å². The van der Waals surface area contributed by atoms with E-state index in [1.54, 1.807) is 6.07 Å². The van der Waals surface area contributed by atoms with Crippen LogP contribution in [-0.4, -0.2) is 48.7 Å². The quantitative estimate of drug-likeness (QED) is 0.476. The fourth-order valence-corrected chi connectivity index (χ4v) is 2.41. The predicted molar refractivity (Wildman–Crippen MR) is 75.1 cm³/mol. The molecule has 0 amide bonds. The highest BCUT2D eigenvalue weighted by molar-refractivity contribution is 5.94. The summed E-state index contributed by atoms with van der Waals surface area (Å²) in [6.45, 7) is 4.88. The van der Waals surface area contributed by atoms with Crippen LogP contribution < -0.4 is 0 Å². The molecule has 1 saturated heterocycles. The lowest BCUT2D eigenvalue weighted by Gasteiger charge is -2.31. The van der Waals surface area contributed by atoms with Crippen molar-refractivity contribution in [1.29, 1.82) is 0 Å². The molecule has 0 bridgehead atoms.